The predicted molar refractivity (Wildman–Crippen MR) is 149 cm³/mol. The Labute approximate surface area is 206 Å². The van der Waals surface area contributed by atoms with Crippen molar-refractivity contribution in [3.63, 3.8) is 0 Å². The van der Waals surface area contributed by atoms with E-state index in [1.54, 1.807) is 11.3 Å². The van der Waals surface area contributed by atoms with E-state index < -0.39 is 7.12 Å². The lowest BCUT2D eigenvalue weighted by atomic mass is 9.79. The Bertz CT molecular complexity index is 1830. The van der Waals surface area contributed by atoms with Gasteiger partial charge in [-0.15, -0.1) is 11.3 Å². The lowest BCUT2D eigenvalue weighted by molar-refractivity contribution is 0.426. The summed E-state index contributed by atoms with van der Waals surface area (Å²) < 4.78 is 4.28. The summed E-state index contributed by atoms with van der Waals surface area (Å²) in [5, 5.41) is 25.4. The topological polar surface area (TPSA) is 45.4 Å². The van der Waals surface area contributed by atoms with Gasteiger partial charge in [0.2, 0.25) is 0 Å². The number of para-hydroxylation sites is 2. The fraction of sp³-hybridized carbons (Fsp3) is 0. The van der Waals surface area contributed by atoms with E-state index in [4.69, 9.17) is 0 Å². The van der Waals surface area contributed by atoms with Gasteiger partial charge in [0.25, 0.3) is 0 Å². The lowest BCUT2D eigenvalue weighted by Gasteiger charge is -2.11. The van der Waals surface area contributed by atoms with Crippen LogP contribution in [0.3, 0.4) is 0 Å². The summed E-state index contributed by atoms with van der Waals surface area (Å²) in [4.78, 5) is 0. The summed E-state index contributed by atoms with van der Waals surface area (Å²) in [6.07, 6.45) is 0. The van der Waals surface area contributed by atoms with Gasteiger partial charge >= 0.3 is 7.12 Å². The van der Waals surface area contributed by atoms with E-state index in [1.807, 2.05) is 36.4 Å². The van der Waals surface area contributed by atoms with Gasteiger partial charge in [0.15, 0.2) is 0 Å². The van der Waals surface area contributed by atoms with Crippen molar-refractivity contribution in [3.05, 3.63) is 109 Å². The average Bonchev–Trinajstić information content (AvgIpc) is 3.44. The van der Waals surface area contributed by atoms with E-state index in [1.165, 1.54) is 10.8 Å². The highest BCUT2D eigenvalue weighted by molar-refractivity contribution is 7.27. The summed E-state index contributed by atoms with van der Waals surface area (Å²) in [6, 6.07) is 37.5. The molecular weight excluding hydrogens is 449 g/mol. The summed E-state index contributed by atoms with van der Waals surface area (Å²) in [6.45, 7) is 0. The van der Waals surface area contributed by atoms with Crippen molar-refractivity contribution in [1.29, 1.82) is 0 Å². The number of hydrogen-bond acceptors (Lipinski definition) is 3. The van der Waals surface area contributed by atoms with Gasteiger partial charge in [-0.2, -0.15) is 0 Å². The minimum atomic E-state index is -1.57. The molecule has 0 amide bonds. The molecule has 0 aliphatic heterocycles. The Morgan fingerprint density at radius 1 is 0.571 bits per heavy atom. The first kappa shape index (κ1) is 20.5. The first-order valence-electron chi connectivity index (χ1n) is 11.6. The van der Waals surface area contributed by atoms with Gasteiger partial charge in [-0.1, -0.05) is 84.9 Å². The predicted octanol–water partition coefficient (Wildman–Crippen LogP) is 6.50. The molecule has 3 nitrogen and oxygen atoms in total. The molecule has 2 N–H and O–H groups in total. The van der Waals surface area contributed by atoms with Crippen molar-refractivity contribution in [2.75, 3.05) is 0 Å². The largest absolute Gasteiger partial charge is 0.489 e. The molecule has 0 aliphatic carbocycles. The molecule has 0 saturated heterocycles. The first-order chi connectivity index (χ1) is 17.2. The lowest BCUT2D eigenvalue weighted by Crippen LogP contribution is -2.30. The van der Waals surface area contributed by atoms with Crippen LogP contribution in [0.2, 0.25) is 0 Å². The third-order valence-corrected chi connectivity index (χ3v) is 8.12. The number of benzene rings is 5. The second-order valence-electron chi connectivity index (χ2n) is 8.81. The van der Waals surface area contributed by atoms with E-state index in [-0.39, 0.29) is 0 Å². The van der Waals surface area contributed by atoms with Crippen molar-refractivity contribution in [2.45, 2.75) is 0 Å². The third-order valence-electron chi connectivity index (χ3n) is 6.81. The van der Waals surface area contributed by atoms with Crippen LogP contribution < -0.4 is 5.46 Å². The fourth-order valence-electron chi connectivity index (χ4n) is 5.28. The number of nitrogens with zero attached hydrogens (tertiary/aromatic N) is 1. The maximum atomic E-state index is 10.4. The third kappa shape index (κ3) is 3.06. The molecule has 7 aromatic rings. The molecule has 5 aromatic carbocycles. The van der Waals surface area contributed by atoms with Crippen molar-refractivity contribution in [3.8, 4) is 16.8 Å². The molecule has 5 heteroatoms. The number of fused-ring (bicyclic) bond motifs is 6. The van der Waals surface area contributed by atoms with Crippen LogP contribution in [0.1, 0.15) is 0 Å². The molecule has 0 bridgehead atoms. The molecule has 0 saturated carbocycles. The first-order valence-corrected chi connectivity index (χ1v) is 12.4. The number of hydrogen-bond donors (Lipinski definition) is 2. The minimum Gasteiger partial charge on any atom is -0.423 e. The Kier molecular flexibility index (Phi) is 4.58. The highest BCUT2D eigenvalue weighted by atomic mass is 32.1. The summed E-state index contributed by atoms with van der Waals surface area (Å²) >= 11 is 1.62. The van der Waals surface area contributed by atoms with Crippen LogP contribution in [0.15, 0.2) is 109 Å². The van der Waals surface area contributed by atoms with E-state index >= 15 is 0 Å². The molecule has 0 unspecified atom stereocenters. The van der Waals surface area contributed by atoms with Crippen LogP contribution in [0.25, 0.3) is 58.8 Å². The minimum absolute atomic E-state index is 0.527. The molecule has 35 heavy (non-hydrogen) atoms. The highest BCUT2D eigenvalue weighted by Crippen LogP contribution is 2.41. The molecule has 0 radical (unpaired) electrons. The van der Waals surface area contributed by atoms with Crippen molar-refractivity contribution in [1.82, 2.24) is 4.57 Å². The fourth-order valence-corrected chi connectivity index (χ4v) is 6.63. The van der Waals surface area contributed by atoms with Gasteiger partial charge in [0.05, 0.1) is 11.0 Å². The smallest absolute Gasteiger partial charge is 0.423 e. The van der Waals surface area contributed by atoms with Crippen LogP contribution >= 0.6 is 11.3 Å². The number of rotatable bonds is 3. The second-order valence-corrected chi connectivity index (χ2v) is 9.83. The van der Waals surface area contributed by atoms with Gasteiger partial charge in [-0.3, -0.25) is 0 Å². The van der Waals surface area contributed by atoms with Crippen LogP contribution in [-0.2, 0) is 0 Å². The Hall–Kier alpha value is -3.90. The molecule has 0 aliphatic rings. The number of aromatic nitrogens is 1. The van der Waals surface area contributed by atoms with Crippen molar-refractivity contribution < 1.29 is 10.0 Å². The van der Waals surface area contributed by atoms with E-state index in [0.717, 1.165) is 48.0 Å². The maximum absolute atomic E-state index is 10.4. The van der Waals surface area contributed by atoms with Crippen LogP contribution in [0, 0.1) is 0 Å². The van der Waals surface area contributed by atoms with E-state index in [9.17, 15) is 10.0 Å². The molecule has 0 spiro atoms. The van der Waals surface area contributed by atoms with Crippen molar-refractivity contribution >= 4 is 65.9 Å². The summed E-state index contributed by atoms with van der Waals surface area (Å²) in [7, 11) is -1.57. The zero-order valence-electron chi connectivity index (χ0n) is 18.7. The van der Waals surface area contributed by atoms with E-state index in [2.05, 4.69) is 77.4 Å². The van der Waals surface area contributed by atoms with E-state index in [0.29, 0.717) is 5.46 Å². The summed E-state index contributed by atoms with van der Waals surface area (Å²) in [5.74, 6) is 0. The molecule has 2 heterocycles. The Morgan fingerprint density at radius 3 is 1.89 bits per heavy atom. The van der Waals surface area contributed by atoms with Gasteiger partial charge in [-0.25, -0.2) is 0 Å². The van der Waals surface area contributed by atoms with Crippen LogP contribution in [0.5, 0.6) is 0 Å². The standard InChI is InChI=1S/C30H20BNO2S/c33-31(34)26-18-20(32-27-15-6-4-11-22(27)23-12-5-7-16-28(23)32)17-25-24-14-8-13-21(29(24)35-30(25)26)19-9-2-1-3-10-19/h1-18,33-34H. The molecule has 0 atom stereocenters. The quantitative estimate of drug-likeness (QED) is 0.290. The molecule has 0 fully saturated rings. The molecular formula is C30H20BNO2S. The zero-order valence-corrected chi connectivity index (χ0v) is 19.5. The van der Waals surface area contributed by atoms with Crippen LogP contribution in [0.4, 0.5) is 0 Å². The monoisotopic (exact) mass is 469 g/mol. The second kappa shape index (κ2) is 7.82. The normalized spacial score (nSPS) is 11.7. The van der Waals surface area contributed by atoms with Gasteiger partial charge in [0.1, 0.15) is 0 Å². The SMILES string of the molecule is OB(O)c1cc(-n2c3ccccc3c3ccccc32)cc2c1sc1c(-c3ccccc3)cccc12. The molecule has 166 valence electrons. The summed E-state index contributed by atoms with van der Waals surface area (Å²) in [5.41, 5.74) is 5.94. The average molecular weight is 469 g/mol. The Morgan fingerprint density at radius 2 is 1.20 bits per heavy atom. The Balaban J connectivity index is 1.60. The molecule has 7 rings (SSSR count). The van der Waals surface area contributed by atoms with Gasteiger partial charge in [0, 0.05) is 42.1 Å². The van der Waals surface area contributed by atoms with Crippen molar-refractivity contribution in [2.24, 2.45) is 0 Å². The van der Waals surface area contributed by atoms with Gasteiger partial charge < -0.3 is 14.6 Å². The van der Waals surface area contributed by atoms with Gasteiger partial charge in [-0.05, 0) is 35.4 Å². The number of thiophene rings is 1. The van der Waals surface area contributed by atoms with Crippen LogP contribution in [-0.4, -0.2) is 21.7 Å². The maximum Gasteiger partial charge on any atom is 0.489 e. The zero-order chi connectivity index (χ0) is 23.5. The highest BCUT2D eigenvalue weighted by Gasteiger charge is 2.22. The molecule has 2 aromatic heterocycles.